The monoisotopic (exact) mass is 267 g/mol. The van der Waals surface area contributed by atoms with Crippen molar-refractivity contribution in [3.63, 3.8) is 0 Å². The van der Waals surface area contributed by atoms with Gasteiger partial charge in [-0.2, -0.15) is 0 Å². The van der Waals surface area contributed by atoms with Gasteiger partial charge in [-0.25, -0.2) is 4.98 Å². The first-order valence-corrected chi connectivity index (χ1v) is 7.43. The Bertz CT molecular complexity index is 711. The Kier molecular flexibility index (Phi) is 3.11. The van der Waals surface area contributed by atoms with E-state index in [-0.39, 0.29) is 0 Å². The van der Waals surface area contributed by atoms with E-state index in [9.17, 15) is 0 Å². The molecular formula is C17H17NS. The van der Waals surface area contributed by atoms with Crippen molar-refractivity contribution in [1.29, 1.82) is 0 Å². The van der Waals surface area contributed by atoms with Gasteiger partial charge in [0.15, 0.2) is 0 Å². The molecule has 0 amide bonds. The van der Waals surface area contributed by atoms with Crippen molar-refractivity contribution in [2.75, 3.05) is 0 Å². The van der Waals surface area contributed by atoms with E-state index in [1.54, 1.807) is 11.3 Å². The summed E-state index contributed by atoms with van der Waals surface area (Å²) in [6.45, 7) is 6.66. The van der Waals surface area contributed by atoms with Gasteiger partial charge in [-0.3, -0.25) is 0 Å². The zero-order valence-electron chi connectivity index (χ0n) is 11.5. The third-order valence-corrected chi connectivity index (χ3v) is 4.49. The van der Waals surface area contributed by atoms with Crippen LogP contribution >= 0.6 is 11.3 Å². The van der Waals surface area contributed by atoms with Crippen LogP contribution in [0.1, 0.15) is 30.9 Å². The van der Waals surface area contributed by atoms with Crippen molar-refractivity contribution in [3.05, 3.63) is 53.6 Å². The highest BCUT2D eigenvalue weighted by molar-refractivity contribution is 7.21. The number of nitrogens with zero attached hydrogens (tertiary/aromatic N) is 1. The first kappa shape index (κ1) is 12.4. The fraction of sp³-hybridized carbons (Fsp3) is 0.235. The number of aryl methyl sites for hydroxylation is 1. The predicted octanol–water partition coefficient (Wildman–Crippen LogP) is 5.40. The molecule has 0 atom stereocenters. The van der Waals surface area contributed by atoms with Crippen LogP contribution < -0.4 is 0 Å². The van der Waals surface area contributed by atoms with E-state index in [2.05, 4.69) is 57.2 Å². The van der Waals surface area contributed by atoms with Gasteiger partial charge >= 0.3 is 0 Å². The lowest BCUT2D eigenvalue weighted by Gasteiger charge is -2.08. The molecule has 0 saturated heterocycles. The van der Waals surface area contributed by atoms with Crippen molar-refractivity contribution in [2.45, 2.75) is 26.7 Å². The van der Waals surface area contributed by atoms with Crippen LogP contribution in [-0.2, 0) is 0 Å². The van der Waals surface area contributed by atoms with E-state index >= 15 is 0 Å². The zero-order chi connectivity index (χ0) is 13.4. The minimum Gasteiger partial charge on any atom is -0.236 e. The fourth-order valence-corrected chi connectivity index (χ4v) is 3.47. The van der Waals surface area contributed by atoms with E-state index in [0.29, 0.717) is 5.92 Å². The maximum absolute atomic E-state index is 4.79. The van der Waals surface area contributed by atoms with Gasteiger partial charge in [-0.05, 0) is 36.1 Å². The number of hydrogen-bond acceptors (Lipinski definition) is 2. The Hall–Kier alpha value is -1.67. The number of fused-ring (bicyclic) bond motifs is 1. The summed E-state index contributed by atoms with van der Waals surface area (Å²) in [5.74, 6) is 0.547. The molecule has 2 heteroatoms. The van der Waals surface area contributed by atoms with Gasteiger partial charge < -0.3 is 0 Å². The van der Waals surface area contributed by atoms with Crippen molar-refractivity contribution >= 4 is 21.6 Å². The highest BCUT2D eigenvalue weighted by Gasteiger charge is 2.10. The number of rotatable bonds is 2. The summed E-state index contributed by atoms with van der Waals surface area (Å²) in [6.07, 6.45) is 0. The van der Waals surface area contributed by atoms with E-state index in [4.69, 9.17) is 4.98 Å². The number of benzene rings is 2. The average molecular weight is 267 g/mol. The van der Waals surface area contributed by atoms with Crippen LogP contribution in [-0.4, -0.2) is 4.98 Å². The zero-order valence-corrected chi connectivity index (χ0v) is 12.3. The smallest absolute Gasteiger partial charge is 0.124 e. The van der Waals surface area contributed by atoms with Gasteiger partial charge in [0, 0.05) is 5.56 Å². The summed E-state index contributed by atoms with van der Waals surface area (Å²) in [5.41, 5.74) is 5.09. The molecule has 0 aliphatic heterocycles. The highest BCUT2D eigenvalue weighted by Crippen LogP contribution is 2.33. The Balaban J connectivity index is 2.16. The first-order chi connectivity index (χ1) is 9.15. The molecule has 0 saturated carbocycles. The molecule has 3 rings (SSSR count). The average Bonchev–Trinajstić information content (AvgIpc) is 2.81. The molecule has 0 radical (unpaired) electrons. The molecule has 96 valence electrons. The summed E-state index contributed by atoms with van der Waals surface area (Å²) in [4.78, 5) is 4.79. The summed E-state index contributed by atoms with van der Waals surface area (Å²) in [6, 6.07) is 14.9. The Morgan fingerprint density at radius 1 is 1.05 bits per heavy atom. The lowest BCUT2D eigenvalue weighted by Crippen LogP contribution is -1.91. The van der Waals surface area contributed by atoms with Gasteiger partial charge in [0.1, 0.15) is 5.01 Å². The Morgan fingerprint density at radius 3 is 2.47 bits per heavy atom. The van der Waals surface area contributed by atoms with Gasteiger partial charge in [0.25, 0.3) is 0 Å². The second-order valence-corrected chi connectivity index (χ2v) is 6.25. The van der Waals surface area contributed by atoms with E-state index in [1.165, 1.54) is 21.4 Å². The lowest BCUT2D eigenvalue weighted by atomic mass is 9.98. The van der Waals surface area contributed by atoms with Crippen LogP contribution in [0.4, 0.5) is 0 Å². The Labute approximate surface area is 117 Å². The number of hydrogen-bond donors (Lipinski definition) is 0. The van der Waals surface area contributed by atoms with Crippen molar-refractivity contribution in [1.82, 2.24) is 4.98 Å². The molecule has 3 aromatic rings. The SMILES string of the molecule is Cc1cc2sc(-c3ccccc3)nc2cc1C(C)C. The van der Waals surface area contributed by atoms with Gasteiger partial charge in [-0.15, -0.1) is 11.3 Å². The molecule has 0 spiro atoms. The third-order valence-electron chi connectivity index (χ3n) is 3.42. The quantitative estimate of drug-likeness (QED) is 0.606. The second-order valence-electron chi connectivity index (χ2n) is 5.22. The summed E-state index contributed by atoms with van der Waals surface area (Å²) < 4.78 is 1.28. The molecule has 1 nitrogen and oxygen atoms in total. The number of thiazole rings is 1. The van der Waals surface area contributed by atoms with E-state index in [1.807, 2.05) is 6.07 Å². The lowest BCUT2D eigenvalue weighted by molar-refractivity contribution is 0.858. The third kappa shape index (κ3) is 2.28. The largest absolute Gasteiger partial charge is 0.236 e. The maximum atomic E-state index is 4.79. The first-order valence-electron chi connectivity index (χ1n) is 6.61. The van der Waals surface area contributed by atoms with Gasteiger partial charge in [0.2, 0.25) is 0 Å². The van der Waals surface area contributed by atoms with Crippen LogP contribution in [0.25, 0.3) is 20.8 Å². The molecule has 0 aliphatic rings. The second kappa shape index (κ2) is 4.78. The minimum atomic E-state index is 0.547. The Morgan fingerprint density at radius 2 is 1.79 bits per heavy atom. The molecule has 0 unspecified atom stereocenters. The molecule has 0 fully saturated rings. The van der Waals surface area contributed by atoms with Crippen LogP contribution in [0, 0.1) is 6.92 Å². The summed E-state index contributed by atoms with van der Waals surface area (Å²) in [7, 11) is 0. The standard InChI is InChI=1S/C17H17NS/c1-11(2)14-10-15-16(9-12(14)3)19-17(18-15)13-7-5-4-6-8-13/h4-11H,1-3H3. The van der Waals surface area contributed by atoms with Crippen LogP contribution in [0.2, 0.25) is 0 Å². The molecular weight excluding hydrogens is 250 g/mol. The molecule has 0 aliphatic carbocycles. The number of aromatic nitrogens is 1. The van der Waals surface area contributed by atoms with Crippen molar-refractivity contribution in [3.8, 4) is 10.6 Å². The highest BCUT2D eigenvalue weighted by atomic mass is 32.1. The fourth-order valence-electron chi connectivity index (χ4n) is 2.42. The molecule has 2 aromatic carbocycles. The van der Waals surface area contributed by atoms with Crippen LogP contribution in [0.3, 0.4) is 0 Å². The summed E-state index contributed by atoms with van der Waals surface area (Å²) in [5, 5.41) is 1.11. The van der Waals surface area contributed by atoms with Gasteiger partial charge in [0.05, 0.1) is 10.2 Å². The van der Waals surface area contributed by atoms with Crippen LogP contribution in [0.5, 0.6) is 0 Å². The van der Waals surface area contributed by atoms with Crippen molar-refractivity contribution < 1.29 is 0 Å². The molecule has 19 heavy (non-hydrogen) atoms. The molecule has 1 heterocycles. The minimum absolute atomic E-state index is 0.547. The summed E-state index contributed by atoms with van der Waals surface area (Å²) >= 11 is 1.77. The van der Waals surface area contributed by atoms with Crippen molar-refractivity contribution in [2.24, 2.45) is 0 Å². The molecule has 0 bridgehead atoms. The molecule has 0 N–H and O–H groups in total. The predicted molar refractivity (Wildman–Crippen MR) is 83.9 cm³/mol. The van der Waals surface area contributed by atoms with E-state index in [0.717, 1.165) is 10.5 Å². The van der Waals surface area contributed by atoms with E-state index < -0.39 is 0 Å². The van der Waals surface area contributed by atoms with Crippen LogP contribution in [0.15, 0.2) is 42.5 Å². The normalized spacial score (nSPS) is 11.4. The topological polar surface area (TPSA) is 12.9 Å². The molecule has 1 aromatic heterocycles. The maximum Gasteiger partial charge on any atom is 0.124 e. The van der Waals surface area contributed by atoms with Gasteiger partial charge in [-0.1, -0.05) is 44.2 Å².